The van der Waals surface area contributed by atoms with Gasteiger partial charge in [-0.3, -0.25) is 0 Å². The largest absolute Gasteiger partial charge is 0.456 e. The lowest BCUT2D eigenvalue weighted by Crippen LogP contribution is -2.10. The Balaban J connectivity index is 0.949. The Bertz CT molecular complexity index is 3090. The summed E-state index contributed by atoms with van der Waals surface area (Å²) in [6, 6.07) is 76.6. The molecule has 11 aromatic rings. The fraction of sp³-hybridized carbons (Fsp3) is 0. The average molecular weight is 714 g/mol. The molecule has 56 heavy (non-hydrogen) atoms. The van der Waals surface area contributed by atoms with Crippen molar-refractivity contribution in [3.63, 3.8) is 0 Å². The van der Waals surface area contributed by atoms with Gasteiger partial charge in [0.15, 0.2) is 0 Å². The van der Waals surface area contributed by atoms with Crippen molar-refractivity contribution in [1.82, 2.24) is 0 Å². The van der Waals surface area contributed by atoms with Gasteiger partial charge >= 0.3 is 0 Å². The molecule has 0 aliphatic carbocycles. The van der Waals surface area contributed by atoms with E-state index in [2.05, 4.69) is 199 Å². The van der Waals surface area contributed by atoms with Crippen molar-refractivity contribution >= 4 is 71.1 Å². The van der Waals surface area contributed by atoms with Crippen molar-refractivity contribution in [2.24, 2.45) is 0 Å². The molecule has 0 amide bonds. The van der Waals surface area contributed by atoms with Crippen LogP contribution in [0.4, 0.5) is 17.1 Å². The summed E-state index contributed by atoms with van der Waals surface area (Å²) in [5.41, 5.74) is 10.0. The fourth-order valence-electron chi connectivity index (χ4n) is 8.36. The quantitative estimate of drug-likeness (QED) is 0.160. The predicted octanol–water partition coefficient (Wildman–Crippen LogP) is 15.5. The molecule has 0 bridgehead atoms. The number of rotatable bonds is 6. The van der Waals surface area contributed by atoms with Crippen molar-refractivity contribution in [3.8, 4) is 33.6 Å². The highest BCUT2D eigenvalue weighted by Crippen LogP contribution is 2.40. The monoisotopic (exact) mass is 713 g/mol. The first kappa shape index (κ1) is 32.0. The van der Waals surface area contributed by atoms with Crippen LogP contribution >= 0.6 is 0 Å². The van der Waals surface area contributed by atoms with E-state index in [9.17, 15) is 0 Å². The molecular weight excluding hydrogens is 679 g/mol. The Kier molecular flexibility index (Phi) is 7.53. The first-order valence-electron chi connectivity index (χ1n) is 19.2. The molecule has 1 aromatic heterocycles. The van der Waals surface area contributed by atoms with Crippen molar-refractivity contribution in [1.29, 1.82) is 0 Å². The molecule has 0 radical (unpaired) electrons. The lowest BCUT2D eigenvalue weighted by molar-refractivity contribution is 0.631. The molecular formula is C54H35NO. The second-order valence-corrected chi connectivity index (χ2v) is 14.6. The zero-order valence-corrected chi connectivity index (χ0v) is 30.6. The van der Waals surface area contributed by atoms with Gasteiger partial charge in [-0.05, 0) is 120 Å². The Hall–Kier alpha value is -7.42. The van der Waals surface area contributed by atoms with Gasteiger partial charge in [0, 0.05) is 28.0 Å². The molecule has 0 fully saturated rings. The van der Waals surface area contributed by atoms with Gasteiger partial charge in [-0.15, -0.1) is 0 Å². The van der Waals surface area contributed by atoms with Crippen LogP contribution in [0.15, 0.2) is 217 Å². The fourth-order valence-corrected chi connectivity index (χ4v) is 8.36. The summed E-state index contributed by atoms with van der Waals surface area (Å²) in [5.74, 6) is 0.883. The van der Waals surface area contributed by atoms with Crippen LogP contribution in [0.3, 0.4) is 0 Å². The first-order chi connectivity index (χ1) is 27.7. The molecule has 11 rings (SSSR count). The molecule has 262 valence electrons. The van der Waals surface area contributed by atoms with E-state index in [4.69, 9.17) is 4.42 Å². The van der Waals surface area contributed by atoms with Crippen molar-refractivity contribution in [3.05, 3.63) is 212 Å². The Labute approximate surface area is 325 Å². The third-order valence-electron chi connectivity index (χ3n) is 11.2. The van der Waals surface area contributed by atoms with Crippen LogP contribution in [-0.2, 0) is 0 Å². The van der Waals surface area contributed by atoms with Gasteiger partial charge in [0.1, 0.15) is 11.3 Å². The van der Waals surface area contributed by atoms with E-state index in [0.717, 1.165) is 44.9 Å². The number of fused-ring (bicyclic) bond motifs is 7. The highest BCUT2D eigenvalue weighted by atomic mass is 16.3. The van der Waals surface area contributed by atoms with Gasteiger partial charge in [-0.25, -0.2) is 0 Å². The highest BCUT2D eigenvalue weighted by molar-refractivity contribution is 6.10. The average Bonchev–Trinajstić information content (AvgIpc) is 3.71. The van der Waals surface area contributed by atoms with E-state index in [1.54, 1.807) is 0 Å². The minimum absolute atomic E-state index is 0.883. The summed E-state index contributed by atoms with van der Waals surface area (Å²) in [6.45, 7) is 0. The van der Waals surface area contributed by atoms with Crippen LogP contribution in [0, 0.1) is 0 Å². The summed E-state index contributed by atoms with van der Waals surface area (Å²) < 4.78 is 6.17. The van der Waals surface area contributed by atoms with Gasteiger partial charge in [0.05, 0.1) is 0 Å². The van der Waals surface area contributed by atoms with Gasteiger partial charge in [-0.2, -0.15) is 0 Å². The highest BCUT2D eigenvalue weighted by Gasteiger charge is 2.16. The maximum atomic E-state index is 6.17. The summed E-state index contributed by atoms with van der Waals surface area (Å²) in [5, 5.41) is 11.1. The number of furan rings is 1. The number of para-hydroxylation sites is 1. The predicted molar refractivity (Wildman–Crippen MR) is 237 cm³/mol. The minimum atomic E-state index is 0.883. The molecule has 0 saturated heterocycles. The van der Waals surface area contributed by atoms with Crippen LogP contribution < -0.4 is 4.90 Å². The smallest absolute Gasteiger partial charge is 0.135 e. The van der Waals surface area contributed by atoms with Crippen LogP contribution in [-0.4, -0.2) is 0 Å². The molecule has 10 aromatic carbocycles. The second-order valence-electron chi connectivity index (χ2n) is 14.6. The van der Waals surface area contributed by atoms with Crippen LogP contribution in [0.2, 0.25) is 0 Å². The molecule has 0 saturated carbocycles. The van der Waals surface area contributed by atoms with Gasteiger partial charge in [0.2, 0.25) is 0 Å². The SMILES string of the molecule is c1cc(-c2ccc(-c3ccc(N(c4ccc5c(ccc6ccccc65)c4)c4ccc5c(ccc6ccccc65)c4)cc3)cc2)cc(-c2cc3ccccc3o2)c1. The number of nitrogens with zero attached hydrogens (tertiary/aromatic N) is 1. The first-order valence-corrected chi connectivity index (χ1v) is 19.2. The number of hydrogen-bond donors (Lipinski definition) is 0. The van der Waals surface area contributed by atoms with Crippen molar-refractivity contribution in [2.45, 2.75) is 0 Å². The maximum absolute atomic E-state index is 6.17. The standard InChI is InChI=1S/C54H35NO/c1-4-13-49-39(8-1)20-22-42-33-47(28-30-51(42)49)55(48-29-31-52-43(34-48)23-21-40-9-2-5-14-50(40)52)46-26-24-37(25-27-46)36-16-18-38(19-17-36)41-11-7-12-44(32-41)54-35-45-10-3-6-15-53(45)56-54/h1-35H. The molecule has 0 atom stereocenters. The van der Waals surface area contributed by atoms with Crippen LogP contribution in [0.25, 0.3) is 87.6 Å². The van der Waals surface area contributed by atoms with E-state index in [1.807, 2.05) is 18.2 Å². The Morgan fingerprint density at radius 2 is 0.732 bits per heavy atom. The normalized spacial score (nSPS) is 11.6. The lowest BCUT2D eigenvalue weighted by Gasteiger charge is -2.26. The van der Waals surface area contributed by atoms with Gasteiger partial charge < -0.3 is 9.32 Å². The molecule has 2 nitrogen and oxygen atoms in total. The summed E-state index contributed by atoms with van der Waals surface area (Å²) in [7, 11) is 0. The third kappa shape index (κ3) is 5.59. The zero-order chi connectivity index (χ0) is 37.0. The Morgan fingerprint density at radius 3 is 1.34 bits per heavy atom. The van der Waals surface area contributed by atoms with E-state index >= 15 is 0 Å². The van der Waals surface area contributed by atoms with Crippen LogP contribution in [0.5, 0.6) is 0 Å². The molecule has 0 N–H and O–H groups in total. The van der Waals surface area contributed by atoms with Crippen LogP contribution in [0.1, 0.15) is 0 Å². The maximum Gasteiger partial charge on any atom is 0.135 e. The van der Waals surface area contributed by atoms with Crippen molar-refractivity contribution in [2.75, 3.05) is 4.90 Å². The number of benzene rings is 10. The second kappa shape index (κ2) is 13.2. The van der Waals surface area contributed by atoms with Gasteiger partial charge in [-0.1, -0.05) is 158 Å². The molecule has 0 spiro atoms. The topological polar surface area (TPSA) is 16.4 Å². The molecule has 2 heteroatoms. The Morgan fingerprint density at radius 1 is 0.268 bits per heavy atom. The van der Waals surface area contributed by atoms with E-state index in [1.165, 1.54) is 59.8 Å². The molecule has 1 heterocycles. The van der Waals surface area contributed by atoms with E-state index in [-0.39, 0.29) is 0 Å². The molecule has 0 aliphatic rings. The number of anilines is 3. The summed E-state index contributed by atoms with van der Waals surface area (Å²) >= 11 is 0. The van der Waals surface area contributed by atoms with Crippen molar-refractivity contribution < 1.29 is 4.42 Å². The van der Waals surface area contributed by atoms with E-state index in [0.29, 0.717) is 0 Å². The lowest BCUT2D eigenvalue weighted by atomic mass is 9.98. The molecule has 0 unspecified atom stereocenters. The summed E-state index contributed by atoms with van der Waals surface area (Å²) in [4.78, 5) is 2.38. The van der Waals surface area contributed by atoms with E-state index < -0.39 is 0 Å². The third-order valence-corrected chi connectivity index (χ3v) is 11.2. The minimum Gasteiger partial charge on any atom is -0.456 e. The van der Waals surface area contributed by atoms with Gasteiger partial charge in [0.25, 0.3) is 0 Å². The number of hydrogen-bond acceptors (Lipinski definition) is 2. The zero-order valence-electron chi connectivity index (χ0n) is 30.6. The summed E-state index contributed by atoms with van der Waals surface area (Å²) in [6.07, 6.45) is 0. The molecule has 0 aliphatic heterocycles.